The number of hydrogen-bond acceptors (Lipinski definition) is 2. The molecule has 1 unspecified atom stereocenters. The largest absolute Gasteiger partial charge is 0.481 e. The van der Waals surface area contributed by atoms with Crippen LogP contribution in [0.3, 0.4) is 0 Å². The molecule has 4 nitrogen and oxygen atoms in total. The Kier molecular flexibility index (Phi) is 7.46. The van der Waals surface area contributed by atoms with Crippen LogP contribution < -0.4 is 0 Å². The summed E-state index contributed by atoms with van der Waals surface area (Å²) in [6.45, 7) is 4.19. The van der Waals surface area contributed by atoms with Crippen molar-refractivity contribution in [1.29, 1.82) is 0 Å². The molecule has 0 saturated heterocycles. The summed E-state index contributed by atoms with van der Waals surface area (Å²) < 4.78 is 2.94. The maximum Gasteiger partial charge on any atom is 0.308 e. The fraction of sp³-hybridized carbons (Fsp3) is 0.385. The molecule has 0 heterocycles. The monoisotopic (exact) mass is 613 g/mol. The molecule has 1 N–H and O–H groups in total. The van der Waals surface area contributed by atoms with E-state index in [4.69, 9.17) is 5.11 Å². The number of nitrogens with zero attached hydrogens (tertiary/aromatic N) is 1. The number of carbonyl (C=O) groups excluding carboxylic acids is 1. The molecule has 1 amide bonds. The Morgan fingerprint density at radius 3 is 2.40 bits per heavy atom. The lowest BCUT2D eigenvalue weighted by Crippen LogP contribution is -2.37. The molecule has 1 atom stereocenters. The van der Waals surface area contributed by atoms with Gasteiger partial charge in [0.25, 0.3) is 5.91 Å². The zero-order chi connectivity index (χ0) is 15.4. The van der Waals surface area contributed by atoms with Gasteiger partial charge in [-0.25, -0.2) is 0 Å². The van der Waals surface area contributed by atoms with Gasteiger partial charge < -0.3 is 10.0 Å². The number of halogens is 3. The van der Waals surface area contributed by atoms with Crippen molar-refractivity contribution in [3.63, 3.8) is 0 Å². The van der Waals surface area contributed by atoms with Crippen molar-refractivity contribution < 1.29 is 14.7 Å². The number of carbonyl (C=O) groups is 2. The van der Waals surface area contributed by atoms with Crippen LogP contribution in [0.5, 0.6) is 0 Å². The van der Waals surface area contributed by atoms with Gasteiger partial charge in [-0.15, -0.1) is 0 Å². The number of carboxylic acid groups (broad SMARTS) is 1. The normalized spacial score (nSPS) is 12.1. The first-order valence-electron chi connectivity index (χ1n) is 5.94. The zero-order valence-electron chi connectivity index (χ0n) is 11.0. The lowest BCUT2D eigenvalue weighted by atomic mass is 10.1. The van der Waals surface area contributed by atoms with Gasteiger partial charge in [0.05, 0.1) is 11.5 Å². The Labute approximate surface area is 159 Å². The Bertz CT molecular complexity index is 534. The lowest BCUT2D eigenvalue weighted by Gasteiger charge is -2.23. The summed E-state index contributed by atoms with van der Waals surface area (Å²) in [5.41, 5.74) is 0.640. The van der Waals surface area contributed by atoms with E-state index >= 15 is 0 Å². The molecule has 20 heavy (non-hydrogen) atoms. The van der Waals surface area contributed by atoms with E-state index in [9.17, 15) is 9.59 Å². The van der Waals surface area contributed by atoms with Crippen molar-refractivity contribution >= 4 is 79.6 Å². The van der Waals surface area contributed by atoms with Crippen LogP contribution in [0.4, 0.5) is 0 Å². The second kappa shape index (κ2) is 8.11. The number of aliphatic carboxylic acids is 1. The summed E-state index contributed by atoms with van der Waals surface area (Å²) in [6, 6.07) is 3.86. The van der Waals surface area contributed by atoms with E-state index in [1.807, 2.05) is 19.1 Å². The molecular formula is C13H14I3NO3. The summed E-state index contributed by atoms with van der Waals surface area (Å²) in [6.07, 6.45) is 0. The Morgan fingerprint density at radius 2 is 1.90 bits per heavy atom. The molecule has 0 radical (unpaired) electrons. The Hall–Kier alpha value is 0.350. The molecule has 7 heteroatoms. The third-order valence-electron chi connectivity index (χ3n) is 2.81. The van der Waals surface area contributed by atoms with Crippen molar-refractivity contribution in [1.82, 2.24) is 4.90 Å². The highest BCUT2D eigenvalue weighted by atomic mass is 127. The Morgan fingerprint density at radius 1 is 1.30 bits per heavy atom. The van der Waals surface area contributed by atoms with E-state index in [1.165, 1.54) is 0 Å². The molecule has 1 aromatic carbocycles. The number of hydrogen-bond donors (Lipinski definition) is 1. The number of carboxylic acids is 1. The molecule has 0 aliphatic heterocycles. The molecule has 0 spiro atoms. The molecular weight excluding hydrogens is 599 g/mol. The minimum absolute atomic E-state index is 0.110. The van der Waals surface area contributed by atoms with Gasteiger partial charge >= 0.3 is 5.97 Å². The second-order valence-electron chi connectivity index (χ2n) is 4.33. The van der Waals surface area contributed by atoms with Gasteiger partial charge in [-0.3, -0.25) is 9.59 Å². The summed E-state index contributed by atoms with van der Waals surface area (Å²) >= 11 is 6.54. The third-order valence-corrected chi connectivity index (χ3v) is 6.48. The number of benzene rings is 1. The zero-order valence-corrected chi connectivity index (χ0v) is 17.5. The quantitative estimate of drug-likeness (QED) is 0.408. The van der Waals surface area contributed by atoms with Crippen LogP contribution in [-0.4, -0.2) is 35.0 Å². The van der Waals surface area contributed by atoms with Gasteiger partial charge in [-0.05, 0) is 86.8 Å². The van der Waals surface area contributed by atoms with Gasteiger partial charge in [0.1, 0.15) is 0 Å². The fourth-order valence-corrected chi connectivity index (χ4v) is 4.03. The van der Waals surface area contributed by atoms with Crippen LogP contribution in [-0.2, 0) is 4.79 Å². The first-order valence-corrected chi connectivity index (χ1v) is 9.18. The highest BCUT2D eigenvalue weighted by Crippen LogP contribution is 2.24. The smallest absolute Gasteiger partial charge is 0.308 e. The highest BCUT2D eigenvalue weighted by molar-refractivity contribution is 14.1. The molecule has 0 aliphatic carbocycles. The van der Waals surface area contributed by atoms with Crippen LogP contribution in [0.2, 0.25) is 0 Å². The molecule has 0 bridgehead atoms. The molecule has 0 saturated carbocycles. The van der Waals surface area contributed by atoms with E-state index in [1.54, 1.807) is 11.8 Å². The second-order valence-corrected chi connectivity index (χ2v) is 7.82. The maximum absolute atomic E-state index is 12.6. The van der Waals surface area contributed by atoms with Gasteiger partial charge in [0, 0.05) is 23.8 Å². The predicted molar refractivity (Wildman–Crippen MR) is 103 cm³/mol. The van der Waals surface area contributed by atoms with Gasteiger partial charge in [-0.2, -0.15) is 0 Å². The topological polar surface area (TPSA) is 57.6 Å². The SMILES string of the molecule is CCN(CC(C)C(=O)O)C(=O)c1cc(I)cc(I)c1I. The van der Waals surface area contributed by atoms with E-state index in [-0.39, 0.29) is 12.5 Å². The number of rotatable bonds is 5. The molecule has 0 aromatic heterocycles. The van der Waals surface area contributed by atoms with Crippen LogP contribution in [0.15, 0.2) is 12.1 Å². The van der Waals surface area contributed by atoms with Crippen LogP contribution in [0, 0.1) is 16.6 Å². The van der Waals surface area contributed by atoms with Crippen molar-refractivity contribution in [3.05, 3.63) is 28.4 Å². The van der Waals surface area contributed by atoms with Gasteiger partial charge in [-0.1, -0.05) is 6.92 Å². The minimum atomic E-state index is -0.886. The minimum Gasteiger partial charge on any atom is -0.481 e. The summed E-state index contributed by atoms with van der Waals surface area (Å²) in [4.78, 5) is 25.1. The van der Waals surface area contributed by atoms with E-state index in [0.29, 0.717) is 12.1 Å². The summed E-state index contributed by atoms with van der Waals surface area (Å²) in [5, 5.41) is 8.98. The highest BCUT2D eigenvalue weighted by Gasteiger charge is 2.23. The first kappa shape index (κ1) is 18.4. The van der Waals surface area contributed by atoms with Crippen molar-refractivity contribution in [3.8, 4) is 0 Å². The number of amides is 1. The van der Waals surface area contributed by atoms with E-state index < -0.39 is 11.9 Å². The molecule has 110 valence electrons. The lowest BCUT2D eigenvalue weighted by molar-refractivity contribution is -0.141. The summed E-state index contributed by atoms with van der Waals surface area (Å²) in [5.74, 6) is -1.57. The Balaban J connectivity index is 3.06. The van der Waals surface area contributed by atoms with Crippen molar-refractivity contribution in [2.45, 2.75) is 13.8 Å². The first-order chi connectivity index (χ1) is 9.27. The third kappa shape index (κ3) is 4.68. The van der Waals surface area contributed by atoms with Gasteiger partial charge in [0.2, 0.25) is 0 Å². The van der Waals surface area contributed by atoms with E-state index in [0.717, 1.165) is 10.7 Å². The maximum atomic E-state index is 12.6. The molecule has 1 aromatic rings. The van der Waals surface area contributed by atoms with Gasteiger partial charge in [0.15, 0.2) is 0 Å². The van der Waals surface area contributed by atoms with E-state index in [2.05, 4.69) is 67.8 Å². The van der Waals surface area contributed by atoms with Crippen LogP contribution in [0.25, 0.3) is 0 Å². The van der Waals surface area contributed by atoms with Crippen LogP contribution in [0.1, 0.15) is 24.2 Å². The molecule has 0 fully saturated rings. The summed E-state index contributed by atoms with van der Waals surface area (Å²) in [7, 11) is 0. The molecule has 1 rings (SSSR count). The average molecular weight is 613 g/mol. The standard InChI is InChI=1S/C13H14I3NO3/c1-3-17(6-7(2)13(19)20)12(18)9-4-8(14)5-10(15)11(9)16/h4-5,7H,3,6H2,1-2H3,(H,19,20). The average Bonchev–Trinajstić information content (AvgIpc) is 2.38. The fourth-order valence-electron chi connectivity index (χ4n) is 1.65. The van der Waals surface area contributed by atoms with Crippen LogP contribution >= 0.6 is 67.8 Å². The predicted octanol–water partition coefficient (Wildman–Crippen LogP) is 3.68. The van der Waals surface area contributed by atoms with Crippen molar-refractivity contribution in [2.24, 2.45) is 5.92 Å². The van der Waals surface area contributed by atoms with Crippen molar-refractivity contribution in [2.75, 3.05) is 13.1 Å². The molecule has 0 aliphatic rings.